The van der Waals surface area contributed by atoms with Crippen LogP contribution in [-0.4, -0.2) is 25.6 Å². The first-order valence-corrected chi connectivity index (χ1v) is 10.5. The van der Waals surface area contributed by atoms with E-state index in [1.807, 2.05) is 18.2 Å². The first-order chi connectivity index (χ1) is 14.5. The number of nitrogens with one attached hydrogen (secondary N) is 2. The van der Waals surface area contributed by atoms with Crippen LogP contribution in [-0.2, 0) is 6.54 Å². The highest BCUT2D eigenvalue weighted by Gasteiger charge is 2.32. The van der Waals surface area contributed by atoms with Gasteiger partial charge >= 0.3 is 6.36 Å². The van der Waals surface area contributed by atoms with E-state index < -0.39 is 6.36 Å². The van der Waals surface area contributed by atoms with Gasteiger partial charge in [-0.2, -0.15) is 0 Å². The molecule has 2 atom stereocenters. The molecule has 30 heavy (non-hydrogen) atoms. The molecule has 2 N–H and O–H groups in total. The summed E-state index contributed by atoms with van der Waals surface area (Å²) in [5.41, 5.74) is 1.88. The number of halogens is 3. The third-order valence-corrected chi connectivity index (χ3v) is 5.61. The molecule has 0 spiro atoms. The summed E-state index contributed by atoms with van der Waals surface area (Å²) in [5, 5.41) is 7.10. The fourth-order valence-corrected chi connectivity index (χ4v) is 3.88. The molecule has 2 unspecified atom stereocenters. The van der Waals surface area contributed by atoms with Gasteiger partial charge in [-0.25, -0.2) is 0 Å². The van der Waals surface area contributed by atoms with Gasteiger partial charge in [0.1, 0.15) is 11.5 Å². The largest absolute Gasteiger partial charge is 0.573 e. The molecule has 2 aromatic carbocycles. The first kappa shape index (κ1) is 21.0. The third-order valence-electron chi connectivity index (χ3n) is 5.61. The summed E-state index contributed by atoms with van der Waals surface area (Å²) in [6.07, 6.45) is -0.385. The maximum absolute atomic E-state index is 12.7. The van der Waals surface area contributed by atoms with E-state index in [0.717, 1.165) is 32.2 Å². The molecule has 1 aliphatic carbocycles. The maximum atomic E-state index is 12.7. The highest BCUT2D eigenvalue weighted by atomic mass is 19.4. The van der Waals surface area contributed by atoms with Gasteiger partial charge in [0, 0.05) is 24.2 Å². The van der Waals surface area contributed by atoms with Gasteiger partial charge in [-0.05, 0) is 61.9 Å². The zero-order valence-electron chi connectivity index (χ0n) is 16.8. The van der Waals surface area contributed by atoms with Gasteiger partial charge in [0.25, 0.3) is 0 Å². The zero-order chi connectivity index (χ0) is 21.0. The first-order valence-electron chi connectivity index (χ1n) is 10.5. The van der Waals surface area contributed by atoms with E-state index in [4.69, 9.17) is 4.74 Å². The van der Waals surface area contributed by atoms with Crippen LogP contribution < -0.4 is 20.1 Å². The fourth-order valence-electron chi connectivity index (χ4n) is 3.88. The van der Waals surface area contributed by atoms with Crippen LogP contribution in [0.5, 0.6) is 11.5 Å². The second-order valence-electron chi connectivity index (χ2n) is 8.04. The maximum Gasteiger partial charge on any atom is 0.573 e. The Morgan fingerprint density at radius 1 is 1.03 bits per heavy atom. The molecule has 162 valence electrons. The number of alkyl halides is 3. The molecule has 2 aromatic rings. The van der Waals surface area contributed by atoms with E-state index in [2.05, 4.69) is 27.5 Å². The van der Waals surface area contributed by atoms with Crippen molar-refractivity contribution in [3.8, 4) is 11.5 Å². The molecule has 1 heterocycles. The molecule has 1 aliphatic heterocycles. The lowest BCUT2D eigenvalue weighted by atomic mass is 9.92. The molecule has 0 aromatic heterocycles. The molecule has 2 fully saturated rings. The highest BCUT2D eigenvalue weighted by molar-refractivity contribution is 5.40. The summed E-state index contributed by atoms with van der Waals surface area (Å²) in [7, 11) is 0. The van der Waals surface area contributed by atoms with Gasteiger partial charge < -0.3 is 20.1 Å². The molecule has 4 rings (SSSR count). The van der Waals surface area contributed by atoms with Crippen LogP contribution >= 0.6 is 0 Å². The lowest BCUT2D eigenvalue weighted by Crippen LogP contribution is -2.45. The summed E-state index contributed by atoms with van der Waals surface area (Å²) in [6, 6.07) is 14.9. The van der Waals surface area contributed by atoms with Crippen molar-refractivity contribution in [2.75, 3.05) is 13.2 Å². The van der Waals surface area contributed by atoms with Crippen LogP contribution in [0.25, 0.3) is 0 Å². The van der Waals surface area contributed by atoms with Crippen molar-refractivity contribution in [3.05, 3.63) is 59.7 Å². The van der Waals surface area contributed by atoms with E-state index >= 15 is 0 Å². The number of rotatable bonds is 8. The minimum atomic E-state index is -4.72. The quantitative estimate of drug-likeness (QED) is 0.634. The monoisotopic (exact) mass is 420 g/mol. The normalized spacial score (nSPS) is 22.0. The Morgan fingerprint density at radius 2 is 1.83 bits per heavy atom. The molecule has 7 heteroatoms. The second kappa shape index (κ2) is 9.27. The van der Waals surface area contributed by atoms with E-state index in [1.165, 1.54) is 17.7 Å². The number of ether oxygens (including phenoxy) is 2. The average molecular weight is 420 g/mol. The standard InChI is InChI=1S/C23H27F3N2O2/c24-23(25,26)30-19-10-11-21(29-15-16-8-9-16)18(13-19)14-28-20-7-4-12-27-22(20)17-5-2-1-3-6-17/h1-3,5-6,10-11,13,16,20,22,27-28H,4,7-9,12,14-15H2. The Hall–Kier alpha value is -2.25. The average Bonchev–Trinajstić information content (AvgIpc) is 3.56. The molecular formula is C23H27F3N2O2. The van der Waals surface area contributed by atoms with Crippen molar-refractivity contribution in [1.29, 1.82) is 0 Å². The SMILES string of the molecule is FC(F)(F)Oc1ccc(OCC2CC2)c(CNC2CCCNC2c2ccccc2)c1. The van der Waals surface area contributed by atoms with Crippen LogP contribution in [0, 0.1) is 5.92 Å². The van der Waals surface area contributed by atoms with Crippen molar-refractivity contribution >= 4 is 0 Å². The molecule has 1 saturated carbocycles. The van der Waals surface area contributed by atoms with Crippen molar-refractivity contribution in [1.82, 2.24) is 10.6 Å². The topological polar surface area (TPSA) is 42.5 Å². The van der Waals surface area contributed by atoms with Crippen LogP contribution in [0.15, 0.2) is 48.5 Å². The van der Waals surface area contributed by atoms with E-state index in [9.17, 15) is 13.2 Å². The Kier molecular flexibility index (Phi) is 6.49. The minimum absolute atomic E-state index is 0.158. The third kappa shape index (κ3) is 5.89. The summed E-state index contributed by atoms with van der Waals surface area (Å²) in [6.45, 7) is 1.96. The predicted octanol–water partition coefficient (Wildman–Crippen LogP) is 4.96. The van der Waals surface area contributed by atoms with E-state index in [0.29, 0.717) is 30.4 Å². The summed E-state index contributed by atoms with van der Waals surface area (Å²) in [5.74, 6) is 0.949. The molecule has 0 bridgehead atoms. The van der Waals surface area contributed by atoms with Crippen LogP contribution in [0.3, 0.4) is 0 Å². The summed E-state index contributed by atoms with van der Waals surface area (Å²) < 4.78 is 48.0. The highest BCUT2D eigenvalue weighted by Crippen LogP contribution is 2.33. The van der Waals surface area contributed by atoms with Crippen LogP contribution in [0.4, 0.5) is 13.2 Å². The van der Waals surface area contributed by atoms with Gasteiger partial charge in [-0.1, -0.05) is 30.3 Å². The molecule has 4 nitrogen and oxygen atoms in total. The van der Waals surface area contributed by atoms with Crippen molar-refractivity contribution < 1.29 is 22.6 Å². The van der Waals surface area contributed by atoms with Gasteiger partial charge in [0.05, 0.1) is 6.61 Å². The molecule has 0 amide bonds. The smallest absolute Gasteiger partial charge is 0.493 e. The van der Waals surface area contributed by atoms with Crippen molar-refractivity contribution in [2.24, 2.45) is 5.92 Å². The number of benzene rings is 2. The molecule has 2 aliphatic rings. The van der Waals surface area contributed by atoms with Crippen LogP contribution in [0.2, 0.25) is 0 Å². The lowest BCUT2D eigenvalue weighted by molar-refractivity contribution is -0.274. The number of hydrogen-bond donors (Lipinski definition) is 2. The van der Waals surface area contributed by atoms with E-state index in [1.54, 1.807) is 6.07 Å². The van der Waals surface area contributed by atoms with Crippen LogP contribution in [0.1, 0.15) is 42.9 Å². The lowest BCUT2D eigenvalue weighted by Gasteiger charge is -2.34. The minimum Gasteiger partial charge on any atom is -0.493 e. The van der Waals surface area contributed by atoms with Crippen molar-refractivity contribution in [2.45, 2.75) is 50.7 Å². The Bertz CT molecular complexity index is 825. The van der Waals surface area contributed by atoms with E-state index in [-0.39, 0.29) is 17.8 Å². The molecule has 1 saturated heterocycles. The Morgan fingerprint density at radius 3 is 2.57 bits per heavy atom. The second-order valence-corrected chi connectivity index (χ2v) is 8.04. The van der Waals surface area contributed by atoms with Gasteiger partial charge in [0.15, 0.2) is 0 Å². The van der Waals surface area contributed by atoms with Crippen molar-refractivity contribution in [3.63, 3.8) is 0 Å². The van der Waals surface area contributed by atoms with Gasteiger partial charge in [-0.15, -0.1) is 13.2 Å². The molecule has 0 radical (unpaired) electrons. The van der Waals surface area contributed by atoms with Gasteiger partial charge in [-0.3, -0.25) is 0 Å². The van der Waals surface area contributed by atoms with Gasteiger partial charge in [0.2, 0.25) is 0 Å². The predicted molar refractivity (Wildman–Crippen MR) is 108 cm³/mol. The zero-order valence-corrected chi connectivity index (χ0v) is 16.8. The number of hydrogen-bond acceptors (Lipinski definition) is 4. The Balaban J connectivity index is 1.48. The molecular weight excluding hydrogens is 393 g/mol. The fraction of sp³-hybridized carbons (Fsp3) is 0.478. The summed E-state index contributed by atoms with van der Waals surface area (Å²) in [4.78, 5) is 0. The Labute approximate surface area is 174 Å². The number of piperidine rings is 1. The summed E-state index contributed by atoms with van der Waals surface area (Å²) >= 11 is 0.